The fourth-order valence-electron chi connectivity index (χ4n) is 5.04. The van der Waals surface area contributed by atoms with Gasteiger partial charge in [0.05, 0.1) is 0 Å². The van der Waals surface area contributed by atoms with Crippen molar-refractivity contribution in [3.05, 3.63) is 34.9 Å². The molecule has 1 aromatic rings. The van der Waals surface area contributed by atoms with Crippen molar-refractivity contribution in [3.8, 4) is 0 Å². The average Bonchev–Trinajstić information content (AvgIpc) is 2.62. The van der Waals surface area contributed by atoms with Gasteiger partial charge in [0.25, 0.3) is 0 Å². The van der Waals surface area contributed by atoms with Gasteiger partial charge in [0.15, 0.2) is 0 Å². The zero-order valence-electron chi connectivity index (χ0n) is 14.8. The Morgan fingerprint density at radius 2 is 1.30 bits per heavy atom. The number of benzene rings is 1. The number of hydrogen-bond donors (Lipinski definition) is 0. The lowest BCUT2D eigenvalue weighted by Crippen LogP contribution is -2.25. The second kappa shape index (κ2) is 8.56. The average molecular weight is 333 g/mol. The maximum absolute atomic E-state index is 5.97. The molecule has 0 amide bonds. The Bertz CT molecular complexity index is 447. The van der Waals surface area contributed by atoms with Crippen molar-refractivity contribution >= 4 is 11.6 Å². The zero-order valence-corrected chi connectivity index (χ0v) is 15.5. The molecule has 0 atom stereocenters. The van der Waals surface area contributed by atoms with Gasteiger partial charge in [0.1, 0.15) is 0 Å². The number of aryl methyl sites for hydroxylation is 1. The van der Waals surface area contributed by atoms with Crippen LogP contribution in [-0.2, 0) is 6.42 Å². The van der Waals surface area contributed by atoms with Crippen LogP contribution in [-0.4, -0.2) is 0 Å². The lowest BCUT2D eigenvalue weighted by molar-refractivity contribution is 0.142. The van der Waals surface area contributed by atoms with Crippen LogP contribution < -0.4 is 0 Å². The van der Waals surface area contributed by atoms with Gasteiger partial charge < -0.3 is 0 Å². The van der Waals surface area contributed by atoms with Crippen LogP contribution in [0, 0.1) is 23.7 Å². The summed E-state index contributed by atoms with van der Waals surface area (Å²) in [6.45, 7) is 2.37. The first-order valence-electron chi connectivity index (χ1n) is 9.99. The van der Waals surface area contributed by atoms with E-state index in [1.54, 1.807) is 0 Å². The second-order valence-corrected chi connectivity index (χ2v) is 8.57. The first kappa shape index (κ1) is 17.3. The first-order chi connectivity index (χ1) is 11.2. The molecule has 0 unspecified atom stereocenters. The Morgan fingerprint density at radius 1 is 0.783 bits per heavy atom. The van der Waals surface area contributed by atoms with E-state index in [2.05, 4.69) is 19.1 Å². The van der Waals surface area contributed by atoms with Crippen LogP contribution >= 0.6 is 11.6 Å². The van der Waals surface area contributed by atoms with E-state index < -0.39 is 0 Å². The third-order valence-electron chi connectivity index (χ3n) is 6.78. The lowest BCUT2D eigenvalue weighted by atomic mass is 9.68. The van der Waals surface area contributed by atoms with Gasteiger partial charge in [-0.2, -0.15) is 0 Å². The van der Waals surface area contributed by atoms with E-state index in [1.165, 1.54) is 76.2 Å². The summed E-state index contributed by atoms with van der Waals surface area (Å²) in [6, 6.07) is 8.45. The quantitative estimate of drug-likeness (QED) is 0.530. The van der Waals surface area contributed by atoms with Crippen LogP contribution in [0.4, 0.5) is 0 Å². The minimum atomic E-state index is 0.854. The minimum Gasteiger partial charge on any atom is -0.0843 e. The molecule has 3 rings (SSSR count). The smallest absolute Gasteiger partial charge is 0.0406 e. The van der Waals surface area contributed by atoms with Gasteiger partial charge in [-0.05, 0) is 79.9 Å². The standard InChI is InChI=1S/C22H33Cl/c1-2-17-5-11-20(12-6-17)21-13-7-18(8-14-21)3-4-19-9-15-22(23)16-10-19/h9-10,15-18,20-21H,2-8,11-14H2,1H3. The van der Waals surface area contributed by atoms with E-state index in [-0.39, 0.29) is 0 Å². The van der Waals surface area contributed by atoms with E-state index in [9.17, 15) is 0 Å². The van der Waals surface area contributed by atoms with Crippen LogP contribution in [0.15, 0.2) is 24.3 Å². The summed E-state index contributed by atoms with van der Waals surface area (Å²) in [4.78, 5) is 0. The van der Waals surface area contributed by atoms with Gasteiger partial charge in [0, 0.05) is 5.02 Å². The highest BCUT2D eigenvalue weighted by Crippen LogP contribution is 2.42. The van der Waals surface area contributed by atoms with E-state index in [0.29, 0.717) is 0 Å². The van der Waals surface area contributed by atoms with Crippen molar-refractivity contribution in [2.45, 2.75) is 77.6 Å². The molecule has 0 heterocycles. The van der Waals surface area contributed by atoms with E-state index in [1.807, 2.05) is 12.1 Å². The summed E-state index contributed by atoms with van der Waals surface area (Å²) >= 11 is 5.97. The summed E-state index contributed by atoms with van der Waals surface area (Å²) < 4.78 is 0. The van der Waals surface area contributed by atoms with Crippen molar-refractivity contribution in [3.63, 3.8) is 0 Å². The fraction of sp³-hybridized carbons (Fsp3) is 0.727. The van der Waals surface area contributed by atoms with Crippen LogP contribution in [0.25, 0.3) is 0 Å². The Kier molecular flexibility index (Phi) is 6.45. The van der Waals surface area contributed by atoms with Crippen molar-refractivity contribution in [2.75, 3.05) is 0 Å². The highest BCUT2D eigenvalue weighted by atomic mass is 35.5. The number of rotatable bonds is 5. The van der Waals surface area contributed by atoms with E-state index >= 15 is 0 Å². The summed E-state index contributed by atoms with van der Waals surface area (Å²) in [5.41, 5.74) is 1.45. The van der Waals surface area contributed by atoms with Crippen LogP contribution in [0.2, 0.25) is 5.02 Å². The maximum Gasteiger partial charge on any atom is 0.0406 e. The third-order valence-corrected chi connectivity index (χ3v) is 7.03. The summed E-state index contributed by atoms with van der Waals surface area (Å²) in [5, 5.41) is 0.854. The summed E-state index contributed by atoms with van der Waals surface area (Å²) in [7, 11) is 0. The summed E-state index contributed by atoms with van der Waals surface area (Å²) in [6.07, 6.45) is 16.1. The van der Waals surface area contributed by atoms with Gasteiger partial charge in [-0.3, -0.25) is 0 Å². The molecule has 0 bridgehead atoms. The van der Waals surface area contributed by atoms with Crippen LogP contribution in [0.1, 0.15) is 76.7 Å². The molecule has 0 nitrogen and oxygen atoms in total. The van der Waals surface area contributed by atoms with Crippen molar-refractivity contribution in [1.82, 2.24) is 0 Å². The molecule has 2 aliphatic carbocycles. The Hall–Kier alpha value is -0.490. The Balaban J connectivity index is 1.38. The normalized spacial score (nSPS) is 31.9. The number of hydrogen-bond acceptors (Lipinski definition) is 0. The molecule has 23 heavy (non-hydrogen) atoms. The SMILES string of the molecule is CCC1CCC(C2CCC(CCc3ccc(Cl)cc3)CC2)CC1. The molecule has 0 spiro atoms. The molecular formula is C22H33Cl. The van der Waals surface area contributed by atoms with E-state index in [4.69, 9.17) is 11.6 Å². The zero-order chi connectivity index (χ0) is 16.1. The molecule has 2 aliphatic rings. The van der Waals surface area contributed by atoms with Gasteiger partial charge >= 0.3 is 0 Å². The minimum absolute atomic E-state index is 0.854. The molecule has 1 aromatic carbocycles. The topological polar surface area (TPSA) is 0 Å². The Labute approximate surface area is 148 Å². The molecular weight excluding hydrogens is 300 g/mol. The number of halogens is 1. The largest absolute Gasteiger partial charge is 0.0843 e. The fourth-order valence-corrected chi connectivity index (χ4v) is 5.16. The molecule has 1 heteroatoms. The van der Waals surface area contributed by atoms with Crippen LogP contribution in [0.3, 0.4) is 0 Å². The lowest BCUT2D eigenvalue weighted by Gasteiger charge is -2.37. The van der Waals surface area contributed by atoms with Crippen molar-refractivity contribution in [1.29, 1.82) is 0 Å². The monoisotopic (exact) mass is 332 g/mol. The molecule has 128 valence electrons. The predicted octanol–water partition coefficient (Wildman–Crippen LogP) is 7.30. The first-order valence-corrected chi connectivity index (χ1v) is 10.4. The molecule has 2 saturated carbocycles. The molecule has 0 aliphatic heterocycles. The van der Waals surface area contributed by atoms with Crippen molar-refractivity contribution < 1.29 is 0 Å². The van der Waals surface area contributed by atoms with E-state index in [0.717, 1.165) is 28.7 Å². The molecule has 0 radical (unpaired) electrons. The predicted molar refractivity (Wildman–Crippen MR) is 101 cm³/mol. The maximum atomic E-state index is 5.97. The summed E-state index contributed by atoms with van der Waals surface area (Å²) in [5.74, 6) is 4.13. The van der Waals surface area contributed by atoms with Gasteiger partial charge in [-0.25, -0.2) is 0 Å². The molecule has 2 fully saturated rings. The second-order valence-electron chi connectivity index (χ2n) is 8.14. The van der Waals surface area contributed by atoms with Gasteiger partial charge in [-0.1, -0.05) is 62.8 Å². The van der Waals surface area contributed by atoms with Crippen molar-refractivity contribution in [2.24, 2.45) is 23.7 Å². The van der Waals surface area contributed by atoms with Gasteiger partial charge in [0.2, 0.25) is 0 Å². The molecule has 0 aromatic heterocycles. The highest BCUT2D eigenvalue weighted by Gasteiger charge is 2.30. The van der Waals surface area contributed by atoms with Crippen LogP contribution in [0.5, 0.6) is 0 Å². The highest BCUT2D eigenvalue weighted by molar-refractivity contribution is 6.30. The van der Waals surface area contributed by atoms with Gasteiger partial charge in [-0.15, -0.1) is 0 Å². The molecule has 0 N–H and O–H groups in total. The third kappa shape index (κ3) is 4.99. The Morgan fingerprint density at radius 3 is 1.83 bits per heavy atom. The molecule has 0 saturated heterocycles.